The van der Waals surface area contributed by atoms with E-state index in [1.165, 1.54) is 19.2 Å². The highest BCUT2D eigenvalue weighted by molar-refractivity contribution is 5.95. The van der Waals surface area contributed by atoms with Crippen LogP contribution in [0, 0.1) is 28.0 Å². The molecular formula is C25H36FN3O6. The molecule has 1 fully saturated rings. The Bertz CT molecular complexity index is 946. The van der Waals surface area contributed by atoms with Crippen molar-refractivity contribution in [3.05, 3.63) is 34.5 Å². The zero-order valence-corrected chi connectivity index (χ0v) is 21.5. The highest BCUT2D eigenvalue weighted by Crippen LogP contribution is 2.41. The predicted octanol–water partition coefficient (Wildman–Crippen LogP) is 5.05. The van der Waals surface area contributed by atoms with Crippen LogP contribution in [0.1, 0.15) is 66.0 Å². The number of likely N-dealkylation sites (tertiary alicyclic amines) is 1. The van der Waals surface area contributed by atoms with E-state index in [-0.39, 0.29) is 17.2 Å². The van der Waals surface area contributed by atoms with E-state index in [9.17, 15) is 23.7 Å². The third-order valence-electron chi connectivity index (χ3n) is 5.91. The predicted molar refractivity (Wildman–Crippen MR) is 129 cm³/mol. The first kappa shape index (κ1) is 28.2. The number of nitrogens with zero attached hydrogens (tertiary/aromatic N) is 2. The number of carbonyl (C=O) groups excluding carboxylic acids is 3. The van der Waals surface area contributed by atoms with Crippen molar-refractivity contribution in [3.8, 4) is 0 Å². The van der Waals surface area contributed by atoms with Crippen molar-refractivity contribution in [1.29, 1.82) is 0 Å². The van der Waals surface area contributed by atoms with Gasteiger partial charge < -0.3 is 19.7 Å². The number of rotatable bonds is 6. The van der Waals surface area contributed by atoms with Gasteiger partial charge in [-0.3, -0.25) is 9.59 Å². The van der Waals surface area contributed by atoms with Gasteiger partial charge in [0.15, 0.2) is 0 Å². The molecule has 2 amide bonds. The highest BCUT2D eigenvalue weighted by atomic mass is 19.1. The minimum atomic E-state index is -1.30. The summed E-state index contributed by atoms with van der Waals surface area (Å²) in [4.78, 5) is 51.5. The minimum Gasteiger partial charge on any atom is -0.469 e. The van der Waals surface area contributed by atoms with Crippen LogP contribution in [-0.4, -0.2) is 48.7 Å². The summed E-state index contributed by atoms with van der Waals surface area (Å²) in [5.41, 5.74) is -1.54. The Hall–Kier alpha value is -3.04. The molecule has 0 aliphatic carbocycles. The van der Waals surface area contributed by atoms with Crippen LogP contribution >= 0.6 is 0 Å². The summed E-state index contributed by atoms with van der Waals surface area (Å²) in [6.07, 6.45) is 0.335. The Balaban J connectivity index is 2.35. The average Bonchev–Trinajstić information content (AvgIpc) is 2.76. The van der Waals surface area contributed by atoms with Crippen molar-refractivity contribution in [2.45, 2.75) is 66.0 Å². The number of hydrogen-bond donors (Lipinski definition) is 1. The summed E-state index contributed by atoms with van der Waals surface area (Å²) in [5.74, 6) is -3.24. The molecule has 2 atom stereocenters. The highest BCUT2D eigenvalue weighted by Gasteiger charge is 2.42. The Morgan fingerprint density at radius 3 is 2.20 bits per heavy atom. The lowest BCUT2D eigenvalue weighted by atomic mass is 9.77. The van der Waals surface area contributed by atoms with Crippen LogP contribution in [-0.2, 0) is 19.1 Å². The van der Waals surface area contributed by atoms with E-state index in [0.29, 0.717) is 25.9 Å². The van der Waals surface area contributed by atoms with Gasteiger partial charge in [0.05, 0.1) is 18.7 Å². The lowest BCUT2D eigenvalue weighted by molar-refractivity contribution is -0.149. The van der Waals surface area contributed by atoms with Gasteiger partial charge in [-0.1, -0.05) is 38.1 Å². The van der Waals surface area contributed by atoms with Gasteiger partial charge in [-0.05, 0) is 45.6 Å². The number of nitroso groups, excluding NO2 is 1. The number of amides is 2. The van der Waals surface area contributed by atoms with Crippen LogP contribution in [0.3, 0.4) is 0 Å². The molecule has 1 aromatic rings. The van der Waals surface area contributed by atoms with Crippen molar-refractivity contribution in [3.63, 3.8) is 0 Å². The Morgan fingerprint density at radius 1 is 1.11 bits per heavy atom. The topological polar surface area (TPSA) is 114 Å². The molecule has 10 heteroatoms. The molecule has 194 valence electrons. The Morgan fingerprint density at radius 2 is 1.71 bits per heavy atom. The molecule has 1 aliphatic rings. The summed E-state index contributed by atoms with van der Waals surface area (Å²) < 4.78 is 25.2. The van der Waals surface area contributed by atoms with Gasteiger partial charge in [0, 0.05) is 24.1 Å². The first-order valence-electron chi connectivity index (χ1n) is 11.7. The van der Waals surface area contributed by atoms with Gasteiger partial charge in [-0.15, -0.1) is 0 Å². The molecule has 9 nitrogen and oxygen atoms in total. The number of anilines is 1. The largest absolute Gasteiger partial charge is 0.469 e. The van der Waals surface area contributed by atoms with Gasteiger partial charge in [0.25, 0.3) is 0 Å². The van der Waals surface area contributed by atoms with Crippen molar-refractivity contribution < 1.29 is 28.2 Å². The number of esters is 1. The monoisotopic (exact) mass is 493 g/mol. The zero-order chi connectivity index (χ0) is 26.6. The summed E-state index contributed by atoms with van der Waals surface area (Å²) in [5, 5.41) is 5.76. The second kappa shape index (κ2) is 11.1. The fourth-order valence-electron chi connectivity index (χ4n) is 4.02. The first-order valence-corrected chi connectivity index (χ1v) is 11.7. The standard InChI is InChI=1S/C25H36FN3O6/c1-24(2,3)22(31)27-19-16(9-8-10-17(19)26)20(28-33)18(21(30)34-7)15-11-13-29(14-12-15)23(32)35-25(4,5)6/h8-10,15,18,20H,11-14H2,1-7H3,(H,27,31). The van der Waals surface area contributed by atoms with Gasteiger partial charge >= 0.3 is 12.1 Å². The molecular weight excluding hydrogens is 457 g/mol. The molecule has 2 rings (SSSR count). The van der Waals surface area contributed by atoms with Crippen molar-refractivity contribution in [1.82, 2.24) is 4.90 Å². The summed E-state index contributed by atoms with van der Waals surface area (Å²) in [6, 6.07) is 2.73. The lowest BCUT2D eigenvalue weighted by Crippen LogP contribution is -2.44. The molecule has 0 saturated carbocycles. The van der Waals surface area contributed by atoms with Gasteiger partial charge in [0.1, 0.15) is 17.5 Å². The van der Waals surface area contributed by atoms with E-state index < -0.39 is 46.8 Å². The molecule has 0 aromatic heterocycles. The molecule has 1 heterocycles. The maximum absolute atomic E-state index is 14.8. The molecule has 35 heavy (non-hydrogen) atoms. The minimum absolute atomic E-state index is 0.0996. The number of nitrogens with one attached hydrogen (secondary N) is 1. The zero-order valence-electron chi connectivity index (χ0n) is 21.5. The Kier molecular flexibility index (Phi) is 8.97. The maximum Gasteiger partial charge on any atom is 0.410 e. The normalized spacial score (nSPS) is 16.7. The fourth-order valence-corrected chi connectivity index (χ4v) is 4.02. The SMILES string of the molecule is COC(=O)C(C1CCN(C(=O)OC(C)(C)C)CC1)C(N=O)c1cccc(F)c1NC(=O)C(C)(C)C. The third-order valence-corrected chi connectivity index (χ3v) is 5.91. The fraction of sp³-hybridized carbons (Fsp3) is 0.640. The van der Waals surface area contributed by atoms with E-state index in [1.54, 1.807) is 46.4 Å². The summed E-state index contributed by atoms with van der Waals surface area (Å²) in [6.45, 7) is 11.0. The number of piperidine rings is 1. The van der Waals surface area contributed by atoms with Crippen molar-refractivity contribution in [2.24, 2.45) is 22.4 Å². The molecule has 0 bridgehead atoms. The molecule has 0 radical (unpaired) electrons. The Labute approximate surface area is 205 Å². The molecule has 0 spiro atoms. The number of ether oxygens (including phenoxy) is 2. The lowest BCUT2D eigenvalue weighted by Gasteiger charge is -2.37. The van der Waals surface area contributed by atoms with E-state index in [0.717, 1.165) is 6.07 Å². The van der Waals surface area contributed by atoms with Crippen molar-refractivity contribution >= 4 is 23.7 Å². The number of para-hydroxylation sites is 1. The quantitative estimate of drug-likeness (QED) is 0.438. The van der Waals surface area contributed by atoms with Crippen LogP contribution < -0.4 is 5.32 Å². The smallest absolute Gasteiger partial charge is 0.410 e. The molecule has 1 saturated heterocycles. The third kappa shape index (κ3) is 7.22. The number of benzene rings is 1. The van der Waals surface area contributed by atoms with Crippen LogP contribution in [0.15, 0.2) is 23.4 Å². The van der Waals surface area contributed by atoms with E-state index >= 15 is 0 Å². The number of halogens is 1. The van der Waals surface area contributed by atoms with Crippen LogP contribution in [0.25, 0.3) is 0 Å². The number of carbonyl (C=O) groups is 3. The van der Waals surface area contributed by atoms with Gasteiger partial charge in [-0.25, -0.2) is 9.18 Å². The van der Waals surface area contributed by atoms with Crippen molar-refractivity contribution in [2.75, 3.05) is 25.5 Å². The first-order chi connectivity index (χ1) is 16.2. The summed E-state index contributed by atoms with van der Waals surface area (Å²) >= 11 is 0. The summed E-state index contributed by atoms with van der Waals surface area (Å²) in [7, 11) is 1.21. The van der Waals surface area contributed by atoms with E-state index in [1.807, 2.05) is 0 Å². The van der Waals surface area contributed by atoms with E-state index in [4.69, 9.17) is 9.47 Å². The average molecular weight is 494 g/mol. The van der Waals surface area contributed by atoms with Crippen LogP contribution in [0.5, 0.6) is 0 Å². The maximum atomic E-state index is 14.8. The van der Waals surface area contributed by atoms with E-state index in [2.05, 4.69) is 10.5 Å². The second-order valence-corrected chi connectivity index (χ2v) is 10.8. The molecule has 2 unspecified atom stereocenters. The second-order valence-electron chi connectivity index (χ2n) is 10.8. The molecule has 1 aliphatic heterocycles. The molecule has 1 aromatic carbocycles. The van der Waals surface area contributed by atoms with Gasteiger partial charge in [-0.2, -0.15) is 4.91 Å². The van der Waals surface area contributed by atoms with Crippen LogP contribution in [0.4, 0.5) is 14.9 Å². The molecule has 1 N–H and O–H groups in total. The number of hydrogen-bond acceptors (Lipinski definition) is 7. The van der Waals surface area contributed by atoms with Crippen LogP contribution in [0.2, 0.25) is 0 Å². The van der Waals surface area contributed by atoms with Gasteiger partial charge in [0.2, 0.25) is 5.91 Å². The number of methoxy groups -OCH3 is 1.